The summed E-state index contributed by atoms with van der Waals surface area (Å²) in [5.41, 5.74) is 1.03. The number of carbonyl (C=O) groups is 2. The highest BCUT2D eigenvalue weighted by Crippen LogP contribution is 2.32. The van der Waals surface area contributed by atoms with Gasteiger partial charge in [-0.15, -0.1) is 0 Å². The highest BCUT2D eigenvalue weighted by Gasteiger charge is 2.11. The molecule has 132 valence electrons. The molecule has 1 heterocycles. The first kappa shape index (κ1) is 17.8. The van der Waals surface area contributed by atoms with Crippen molar-refractivity contribution in [3.63, 3.8) is 0 Å². The minimum absolute atomic E-state index is 0.198. The van der Waals surface area contributed by atoms with Crippen molar-refractivity contribution in [3.8, 4) is 11.5 Å². The number of benzene rings is 2. The van der Waals surface area contributed by atoms with Crippen LogP contribution in [0, 0.1) is 0 Å². The Bertz CT molecular complexity index is 906. The number of hydrogen-bond acceptors (Lipinski definition) is 3. The standard InChI is InChI=1S/C20H17ClN2O3/c21-15-8-9-19(26-17-6-2-1-3-7-17)18(13-15)22-20(25)10-12-23-11-4-5-16(23)14-24/h1-9,11,13-14H,10,12H2,(H,22,25). The van der Waals surface area contributed by atoms with Crippen molar-refractivity contribution in [2.24, 2.45) is 0 Å². The van der Waals surface area contributed by atoms with E-state index < -0.39 is 0 Å². The first-order valence-electron chi connectivity index (χ1n) is 8.08. The summed E-state index contributed by atoms with van der Waals surface area (Å²) in [5.74, 6) is 0.965. The van der Waals surface area contributed by atoms with Gasteiger partial charge in [-0.05, 0) is 42.5 Å². The van der Waals surface area contributed by atoms with Crippen LogP contribution in [0.5, 0.6) is 11.5 Å². The van der Waals surface area contributed by atoms with Gasteiger partial charge < -0.3 is 14.6 Å². The van der Waals surface area contributed by atoms with Crippen LogP contribution in [0.2, 0.25) is 5.02 Å². The van der Waals surface area contributed by atoms with Crippen LogP contribution in [0.4, 0.5) is 5.69 Å². The van der Waals surface area contributed by atoms with Gasteiger partial charge in [0.05, 0.1) is 11.4 Å². The third kappa shape index (κ3) is 4.52. The highest BCUT2D eigenvalue weighted by atomic mass is 35.5. The molecule has 0 aliphatic carbocycles. The quantitative estimate of drug-likeness (QED) is 0.611. The topological polar surface area (TPSA) is 60.3 Å². The van der Waals surface area contributed by atoms with Gasteiger partial charge in [-0.25, -0.2) is 0 Å². The maximum Gasteiger partial charge on any atom is 0.226 e. The molecule has 26 heavy (non-hydrogen) atoms. The van der Waals surface area contributed by atoms with Crippen molar-refractivity contribution in [3.05, 3.63) is 77.6 Å². The maximum atomic E-state index is 12.3. The zero-order valence-electron chi connectivity index (χ0n) is 13.9. The number of rotatable bonds is 7. The lowest BCUT2D eigenvalue weighted by atomic mass is 10.2. The van der Waals surface area contributed by atoms with Crippen LogP contribution in [-0.4, -0.2) is 16.8 Å². The fourth-order valence-electron chi connectivity index (χ4n) is 2.48. The molecular formula is C20H17ClN2O3. The van der Waals surface area contributed by atoms with Crippen molar-refractivity contribution in [2.75, 3.05) is 5.32 Å². The van der Waals surface area contributed by atoms with E-state index in [1.165, 1.54) is 0 Å². The van der Waals surface area contributed by atoms with E-state index in [0.717, 1.165) is 6.29 Å². The molecule has 0 spiro atoms. The molecule has 3 aromatic rings. The summed E-state index contributed by atoms with van der Waals surface area (Å²) in [6.07, 6.45) is 2.74. The van der Waals surface area contributed by atoms with Crippen LogP contribution in [-0.2, 0) is 11.3 Å². The second-order valence-corrected chi connectivity index (χ2v) is 6.03. The Labute approximate surface area is 156 Å². The molecule has 0 radical (unpaired) electrons. The number of nitrogens with zero attached hydrogens (tertiary/aromatic N) is 1. The summed E-state index contributed by atoms with van der Waals surface area (Å²) in [7, 11) is 0. The third-order valence-corrected chi connectivity index (χ3v) is 3.99. The zero-order chi connectivity index (χ0) is 18.4. The van der Waals surface area contributed by atoms with Crippen molar-refractivity contribution < 1.29 is 14.3 Å². The molecule has 3 rings (SSSR count). The van der Waals surface area contributed by atoms with Crippen LogP contribution >= 0.6 is 11.6 Å². The molecule has 0 fully saturated rings. The van der Waals surface area contributed by atoms with E-state index in [4.69, 9.17) is 16.3 Å². The average Bonchev–Trinajstić information content (AvgIpc) is 3.11. The summed E-state index contributed by atoms with van der Waals surface area (Å²) in [4.78, 5) is 23.2. The fourth-order valence-corrected chi connectivity index (χ4v) is 2.65. The van der Waals surface area contributed by atoms with Crippen molar-refractivity contribution in [1.82, 2.24) is 4.57 Å². The van der Waals surface area contributed by atoms with Crippen LogP contribution in [0.1, 0.15) is 16.9 Å². The van der Waals surface area contributed by atoms with Crippen LogP contribution in [0.3, 0.4) is 0 Å². The van der Waals surface area contributed by atoms with Crippen molar-refractivity contribution in [1.29, 1.82) is 0 Å². The van der Waals surface area contributed by atoms with E-state index in [1.54, 1.807) is 41.1 Å². The van der Waals surface area contributed by atoms with E-state index in [-0.39, 0.29) is 12.3 Å². The average molecular weight is 369 g/mol. The molecule has 5 nitrogen and oxygen atoms in total. The molecule has 2 aromatic carbocycles. The summed E-state index contributed by atoms with van der Waals surface area (Å²) in [5, 5.41) is 3.32. The maximum absolute atomic E-state index is 12.3. The van der Waals surface area contributed by atoms with E-state index in [1.807, 2.05) is 30.3 Å². The lowest BCUT2D eigenvalue weighted by Gasteiger charge is -2.13. The Morgan fingerprint density at radius 3 is 2.69 bits per heavy atom. The summed E-state index contributed by atoms with van der Waals surface area (Å²) in [6.45, 7) is 0.405. The van der Waals surface area contributed by atoms with E-state index in [0.29, 0.717) is 34.4 Å². The number of para-hydroxylation sites is 1. The van der Waals surface area contributed by atoms with E-state index in [2.05, 4.69) is 5.32 Å². The van der Waals surface area contributed by atoms with Gasteiger partial charge in [-0.3, -0.25) is 9.59 Å². The Kier molecular flexibility index (Phi) is 5.71. The van der Waals surface area contributed by atoms with Gasteiger partial charge in [0.15, 0.2) is 12.0 Å². The molecule has 0 aliphatic heterocycles. The smallest absolute Gasteiger partial charge is 0.226 e. The summed E-state index contributed by atoms with van der Waals surface area (Å²) >= 11 is 6.05. The lowest BCUT2D eigenvalue weighted by Crippen LogP contribution is -2.15. The largest absolute Gasteiger partial charge is 0.455 e. The fraction of sp³-hybridized carbons (Fsp3) is 0.100. The number of amides is 1. The number of anilines is 1. The van der Waals surface area contributed by atoms with Crippen molar-refractivity contribution in [2.45, 2.75) is 13.0 Å². The molecule has 0 saturated carbocycles. The Morgan fingerprint density at radius 1 is 1.12 bits per heavy atom. The number of carbonyl (C=O) groups excluding carboxylic acids is 2. The molecule has 0 unspecified atom stereocenters. The van der Waals surface area contributed by atoms with Gasteiger partial charge in [0.1, 0.15) is 5.75 Å². The number of aromatic nitrogens is 1. The highest BCUT2D eigenvalue weighted by molar-refractivity contribution is 6.31. The molecule has 0 atom stereocenters. The summed E-state index contributed by atoms with van der Waals surface area (Å²) in [6, 6.07) is 17.8. The predicted octanol–water partition coefficient (Wildman–Crippen LogP) is 4.78. The number of halogens is 1. The predicted molar refractivity (Wildman–Crippen MR) is 101 cm³/mol. The lowest BCUT2D eigenvalue weighted by molar-refractivity contribution is -0.116. The third-order valence-electron chi connectivity index (χ3n) is 3.75. The van der Waals surface area contributed by atoms with Gasteiger partial charge in [-0.2, -0.15) is 0 Å². The number of ether oxygens (including phenoxy) is 1. The molecule has 1 aromatic heterocycles. The molecule has 1 N–H and O–H groups in total. The van der Waals surface area contributed by atoms with Crippen LogP contribution < -0.4 is 10.1 Å². The number of nitrogens with one attached hydrogen (secondary N) is 1. The van der Waals surface area contributed by atoms with Gasteiger partial charge in [0, 0.05) is 24.2 Å². The van der Waals surface area contributed by atoms with Gasteiger partial charge in [0.25, 0.3) is 0 Å². The Balaban J connectivity index is 1.69. The van der Waals surface area contributed by atoms with E-state index >= 15 is 0 Å². The SMILES string of the molecule is O=Cc1cccn1CCC(=O)Nc1cc(Cl)ccc1Oc1ccccc1. The Morgan fingerprint density at radius 2 is 1.92 bits per heavy atom. The molecule has 0 aliphatic rings. The zero-order valence-corrected chi connectivity index (χ0v) is 14.6. The molecule has 0 saturated heterocycles. The second-order valence-electron chi connectivity index (χ2n) is 5.60. The molecular weight excluding hydrogens is 352 g/mol. The van der Waals surface area contributed by atoms with Gasteiger partial charge in [0.2, 0.25) is 5.91 Å². The van der Waals surface area contributed by atoms with E-state index in [9.17, 15) is 9.59 Å². The first-order valence-corrected chi connectivity index (χ1v) is 8.46. The monoisotopic (exact) mass is 368 g/mol. The number of hydrogen-bond donors (Lipinski definition) is 1. The number of aryl methyl sites for hydroxylation is 1. The minimum Gasteiger partial charge on any atom is -0.455 e. The van der Waals surface area contributed by atoms with Crippen LogP contribution in [0.25, 0.3) is 0 Å². The van der Waals surface area contributed by atoms with Crippen LogP contribution in [0.15, 0.2) is 66.9 Å². The minimum atomic E-state index is -0.198. The van der Waals surface area contributed by atoms with Crippen molar-refractivity contribution >= 4 is 29.5 Å². The molecule has 6 heteroatoms. The second kappa shape index (κ2) is 8.36. The Hall–Kier alpha value is -3.05. The molecule has 0 bridgehead atoms. The number of aldehydes is 1. The summed E-state index contributed by atoms with van der Waals surface area (Å²) < 4.78 is 7.56. The first-order chi connectivity index (χ1) is 12.7. The van der Waals surface area contributed by atoms with Gasteiger partial charge >= 0.3 is 0 Å². The normalized spacial score (nSPS) is 10.3. The molecule has 1 amide bonds. The van der Waals surface area contributed by atoms with Gasteiger partial charge in [-0.1, -0.05) is 29.8 Å².